The predicted molar refractivity (Wildman–Crippen MR) is 68.5 cm³/mol. The molecule has 0 aliphatic carbocycles. The Morgan fingerprint density at radius 3 is 2.82 bits per heavy atom. The van der Waals surface area contributed by atoms with Gasteiger partial charge in [0.15, 0.2) is 6.20 Å². The maximum atomic E-state index is 3.45. The standard InChI is InChI=1S/C14H18N2.HI/c1-3-4-9-15-13-8-7-12-6-5-10-16(2)14(12)11-13;/h5-8,10-11H,3-4,9H2,1-2H3;1H. The smallest absolute Gasteiger partial charge is 0.214 e. The second-order valence-corrected chi connectivity index (χ2v) is 4.17. The number of rotatable bonds is 4. The summed E-state index contributed by atoms with van der Waals surface area (Å²) in [6, 6.07) is 10.8. The van der Waals surface area contributed by atoms with Gasteiger partial charge in [-0.3, -0.25) is 0 Å². The lowest BCUT2D eigenvalue weighted by molar-refractivity contribution is -0.644. The molecule has 0 aliphatic rings. The zero-order valence-electron chi connectivity index (χ0n) is 10.4. The van der Waals surface area contributed by atoms with Crippen molar-refractivity contribution in [3.8, 4) is 0 Å². The first-order valence-electron chi connectivity index (χ1n) is 5.93. The Bertz CT molecular complexity index is 483. The van der Waals surface area contributed by atoms with Crippen LogP contribution < -0.4 is 33.9 Å². The molecule has 0 saturated carbocycles. The molecule has 2 aromatic rings. The molecule has 1 N–H and O–H groups in total. The van der Waals surface area contributed by atoms with Crippen LogP contribution in [0.3, 0.4) is 0 Å². The first-order chi connectivity index (χ1) is 7.81. The number of nitrogens with zero attached hydrogens (tertiary/aromatic N) is 1. The van der Waals surface area contributed by atoms with Gasteiger partial charge in [0, 0.05) is 29.8 Å². The molecule has 2 nitrogen and oxygen atoms in total. The number of hydrogen-bond donors (Lipinski definition) is 1. The number of anilines is 1. The van der Waals surface area contributed by atoms with E-state index in [2.05, 4.69) is 60.4 Å². The number of unbranched alkanes of at least 4 members (excludes halogenated alkanes) is 1. The Morgan fingerprint density at radius 1 is 1.24 bits per heavy atom. The number of halogens is 1. The van der Waals surface area contributed by atoms with Gasteiger partial charge in [-0.2, -0.15) is 0 Å². The van der Waals surface area contributed by atoms with E-state index in [1.807, 2.05) is 0 Å². The van der Waals surface area contributed by atoms with E-state index in [1.54, 1.807) is 0 Å². The van der Waals surface area contributed by atoms with Gasteiger partial charge < -0.3 is 29.3 Å². The van der Waals surface area contributed by atoms with Gasteiger partial charge in [0.05, 0.1) is 0 Å². The minimum Gasteiger partial charge on any atom is -1.00 e. The Balaban J connectivity index is 0.00000144. The number of nitrogens with one attached hydrogen (secondary N) is 1. The van der Waals surface area contributed by atoms with Crippen LogP contribution in [0.4, 0.5) is 5.69 Å². The predicted octanol–water partition coefficient (Wildman–Crippen LogP) is -0.120. The van der Waals surface area contributed by atoms with Crippen molar-refractivity contribution in [1.82, 2.24) is 0 Å². The summed E-state index contributed by atoms with van der Waals surface area (Å²) in [5.74, 6) is 0. The third-order valence-corrected chi connectivity index (χ3v) is 2.86. The number of aryl methyl sites for hydroxylation is 1. The number of benzene rings is 1. The van der Waals surface area contributed by atoms with Gasteiger partial charge >= 0.3 is 0 Å². The number of hydrogen-bond acceptors (Lipinski definition) is 1. The average Bonchev–Trinajstić information content (AvgIpc) is 2.30. The lowest BCUT2D eigenvalue weighted by Gasteiger charge is -2.05. The second kappa shape index (κ2) is 6.79. The highest BCUT2D eigenvalue weighted by Gasteiger charge is 2.04. The molecule has 1 heterocycles. The van der Waals surface area contributed by atoms with Gasteiger partial charge in [-0.05, 0) is 24.6 Å². The first-order valence-corrected chi connectivity index (χ1v) is 5.93. The normalized spacial score (nSPS) is 10.0. The molecule has 3 heteroatoms. The van der Waals surface area contributed by atoms with E-state index in [4.69, 9.17) is 0 Å². The fourth-order valence-electron chi connectivity index (χ4n) is 1.87. The summed E-state index contributed by atoms with van der Waals surface area (Å²) < 4.78 is 2.15. The Kier molecular flexibility index (Phi) is 5.68. The fourth-order valence-corrected chi connectivity index (χ4v) is 1.87. The molecule has 0 radical (unpaired) electrons. The molecule has 1 aromatic heterocycles. The van der Waals surface area contributed by atoms with Crippen LogP contribution in [-0.2, 0) is 7.05 Å². The Morgan fingerprint density at radius 2 is 2.06 bits per heavy atom. The zero-order chi connectivity index (χ0) is 11.4. The van der Waals surface area contributed by atoms with E-state index in [9.17, 15) is 0 Å². The van der Waals surface area contributed by atoms with Gasteiger partial charge in [0.1, 0.15) is 7.05 Å². The Hall–Kier alpha value is -0.840. The summed E-state index contributed by atoms with van der Waals surface area (Å²) in [5, 5.41) is 4.73. The van der Waals surface area contributed by atoms with Gasteiger partial charge in [-0.1, -0.05) is 13.3 Å². The largest absolute Gasteiger partial charge is 1.00 e. The van der Waals surface area contributed by atoms with Gasteiger partial charge in [0.2, 0.25) is 5.52 Å². The topological polar surface area (TPSA) is 15.9 Å². The van der Waals surface area contributed by atoms with Gasteiger partial charge in [-0.25, -0.2) is 4.57 Å². The zero-order valence-corrected chi connectivity index (χ0v) is 12.6. The molecule has 1 aromatic carbocycles. The summed E-state index contributed by atoms with van der Waals surface area (Å²) in [6.45, 7) is 3.26. The van der Waals surface area contributed by atoms with Crippen LogP contribution in [-0.4, -0.2) is 6.54 Å². The van der Waals surface area contributed by atoms with Crippen molar-refractivity contribution in [3.05, 3.63) is 36.5 Å². The lowest BCUT2D eigenvalue weighted by atomic mass is 10.2. The molecule has 0 atom stereocenters. The highest BCUT2D eigenvalue weighted by molar-refractivity contribution is 5.79. The molecule has 0 unspecified atom stereocenters. The van der Waals surface area contributed by atoms with Crippen LogP contribution in [0.1, 0.15) is 19.8 Å². The van der Waals surface area contributed by atoms with Gasteiger partial charge in [0.25, 0.3) is 0 Å². The summed E-state index contributed by atoms with van der Waals surface area (Å²) in [4.78, 5) is 0. The fraction of sp³-hybridized carbons (Fsp3) is 0.357. The maximum Gasteiger partial charge on any atom is 0.214 e. The molecular formula is C14H19IN2. The molecule has 0 amide bonds. The van der Waals surface area contributed by atoms with Crippen molar-refractivity contribution in [2.75, 3.05) is 11.9 Å². The number of aromatic nitrogens is 1. The molecule has 17 heavy (non-hydrogen) atoms. The van der Waals surface area contributed by atoms with Crippen molar-refractivity contribution in [1.29, 1.82) is 0 Å². The van der Waals surface area contributed by atoms with E-state index >= 15 is 0 Å². The van der Waals surface area contributed by atoms with Crippen LogP contribution >= 0.6 is 0 Å². The van der Waals surface area contributed by atoms with E-state index < -0.39 is 0 Å². The van der Waals surface area contributed by atoms with Crippen molar-refractivity contribution in [2.24, 2.45) is 7.05 Å². The maximum absolute atomic E-state index is 3.45. The molecule has 92 valence electrons. The monoisotopic (exact) mass is 342 g/mol. The minimum atomic E-state index is 0. The third kappa shape index (κ3) is 3.56. The SMILES string of the molecule is CCCCNc1ccc2ccc[n+](C)c2c1.[I-]. The molecule has 0 saturated heterocycles. The molecular weight excluding hydrogens is 323 g/mol. The van der Waals surface area contributed by atoms with Crippen LogP contribution in [0.5, 0.6) is 0 Å². The molecule has 0 spiro atoms. The quantitative estimate of drug-likeness (QED) is 0.466. The van der Waals surface area contributed by atoms with E-state index in [-0.39, 0.29) is 24.0 Å². The second-order valence-electron chi connectivity index (χ2n) is 4.17. The first kappa shape index (κ1) is 14.2. The highest BCUT2D eigenvalue weighted by Crippen LogP contribution is 2.15. The number of pyridine rings is 1. The molecule has 0 aliphatic heterocycles. The van der Waals surface area contributed by atoms with Crippen LogP contribution in [0.15, 0.2) is 36.5 Å². The van der Waals surface area contributed by atoms with Crippen molar-refractivity contribution in [3.63, 3.8) is 0 Å². The van der Waals surface area contributed by atoms with Crippen molar-refractivity contribution < 1.29 is 28.5 Å². The van der Waals surface area contributed by atoms with E-state index in [0.29, 0.717) is 0 Å². The summed E-state index contributed by atoms with van der Waals surface area (Å²) >= 11 is 0. The van der Waals surface area contributed by atoms with E-state index in [1.165, 1.54) is 29.4 Å². The number of fused-ring (bicyclic) bond motifs is 1. The molecule has 0 bridgehead atoms. The van der Waals surface area contributed by atoms with Gasteiger partial charge in [-0.15, -0.1) is 0 Å². The van der Waals surface area contributed by atoms with E-state index in [0.717, 1.165) is 6.54 Å². The minimum absolute atomic E-state index is 0. The highest BCUT2D eigenvalue weighted by atomic mass is 127. The summed E-state index contributed by atoms with van der Waals surface area (Å²) in [6.07, 6.45) is 4.53. The average molecular weight is 342 g/mol. The summed E-state index contributed by atoms with van der Waals surface area (Å²) in [7, 11) is 2.08. The van der Waals surface area contributed by atoms with Crippen molar-refractivity contribution in [2.45, 2.75) is 19.8 Å². The van der Waals surface area contributed by atoms with Crippen LogP contribution in [0, 0.1) is 0 Å². The van der Waals surface area contributed by atoms with Crippen molar-refractivity contribution >= 4 is 16.6 Å². The Labute approximate surface area is 120 Å². The lowest BCUT2D eigenvalue weighted by Crippen LogP contribution is -3.00. The molecule has 2 rings (SSSR count). The molecule has 0 fully saturated rings. The summed E-state index contributed by atoms with van der Waals surface area (Å²) in [5.41, 5.74) is 2.48. The third-order valence-electron chi connectivity index (χ3n) is 2.86. The van der Waals surface area contributed by atoms with Crippen LogP contribution in [0.25, 0.3) is 10.9 Å². The van der Waals surface area contributed by atoms with Crippen LogP contribution in [0.2, 0.25) is 0 Å².